The summed E-state index contributed by atoms with van der Waals surface area (Å²) in [4.78, 5) is 71.0. The minimum atomic E-state index is -0.907. The Morgan fingerprint density at radius 1 is 0.493 bits per heavy atom. The number of rotatable bonds is 29. The van der Waals surface area contributed by atoms with Crippen molar-refractivity contribution in [2.45, 2.75) is 147 Å². The molecule has 69 heavy (non-hydrogen) atoms. The molecule has 0 heterocycles. The van der Waals surface area contributed by atoms with Crippen LogP contribution in [0.3, 0.4) is 0 Å². The maximum Gasteiger partial charge on any atom is 0.323 e. The van der Waals surface area contributed by atoms with Gasteiger partial charge in [0.1, 0.15) is 18.2 Å². The molecule has 9 N–H and O–H groups in total. The lowest BCUT2D eigenvalue weighted by Gasteiger charge is -2.21. The van der Waals surface area contributed by atoms with Crippen LogP contribution in [0.4, 0.5) is 11.4 Å². The zero-order valence-electron chi connectivity index (χ0n) is 39.5. The summed E-state index contributed by atoms with van der Waals surface area (Å²) in [6.07, 6.45) is 12.5. The van der Waals surface area contributed by atoms with E-state index in [1.54, 1.807) is 17.0 Å². The summed E-state index contributed by atoms with van der Waals surface area (Å²) in [5.41, 5.74) is 8.47. The van der Waals surface area contributed by atoms with E-state index in [1.165, 1.54) is 0 Å². The number of hydrogen-bond acceptors (Lipinski definition) is 11. The Bertz CT molecular complexity index is 2170. The van der Waals surface area contributed by atoms with Crippen molar-refractivity contribution in [2.75, 3.05) is 10.6 Å². The van der Waals surface area contributed by atoms with E-state index in [0.717, 1.165) is 85.7 Å². The number of benzene rings is 4. The third-order valence-electron chi connectivity index (χ3n) is 11.6. The fraction of sp³-hybridized carbons (Fsp3) is 0.434. The summed E-state index contributed by atoms with van der Waals surface area (Å²) in [6, 6.07) is 33.2. The number of hydrogen-bond donors (Lipinski definition) is 9. The predicted molar refractivity (Wildman–Crippen MR) is 263 cm³/mol. The molecule has 0 aromatic heterocycles. The lowest BCUT2D eigenvalue weighted by molar-refractivity contribution is -0.151. The number of carboxylic acids is 1. The summed E-state index contributed by atoms with van der Waals surface area (Å²) in [5, 5.41) is 38.7. The van der Waals surface area contributed by atoms with Crippen LogP contribution in [-0.2, 0) is 59.4 Å². The van der Waals surface area contributed by atoms with Crippen molar-refractivity contribution in [1.82, 2.24) is 21.6 Å². The van der Waals surface area contributed by atoms with E-state index in [9.17, 15) is 33.9 Å². The van der Waals surface area contributed by atoms with Gasteiger partial charge in [0, 0.05) is 50.1 Å². The Morgan fingerprint density at radius 2 is 0.884 bits per heavy atom. The van der Waals surface area contributed by atoms with Crippen LogP contribution in [0.2, 0.25) is 0 Å². The van der Waals surface area contributed by atoms with Gasteiger partial charge in [0.05, 0.1) is 0 Å². The molecule has 0 bridgehead atoms. The largest absolute Gasteiger partial charge is 0.480 e. The fourth-order valence-electron chi connectivity index (χ4n) is 7.85. The summed E-state index contributed by atoms with van der Waals surface area (Å²) in [7, 11) is 0. The molecule has 0 spiro atoms. The first kappa shape index (κ1) is 55.1. The number of esters is 1. The number of ether oxygens (including phenoxy) is 1. The predicted octanol–water partition coefficient (Wildman–Crippen LogP) is 7.91. The van der Waals surface area contributed by atoms with E-state index >= 15 is 0 Å². The van der Waals surface area contributed by atoms with Crippen LogP contribution < -0.4 is 32.2 Å². The zero-order chi connectivity index (χ0) is 49.5. The summed E-state index contributed by atoms with van der Waals surface area (Å²) in [5.74, 6) is -2.04. The molecule has 5 rings (SSSR count). The van der Waals surface area contributed by atoms with Crippen LogP contribution in [0.25, 0.3) is 0 Å². The van der Waals surface area contributed by atoms with Crippen molar-refractivity contribution < 1.29 is 49.0 Å². The van der Waals surface area contributed by atoms with Gasteiger partial charge in [-0.15, -0.1) is 0 Å². The molecular formula is C53H70N6O10. The SMILES string of the molecule is O=C(CCCCCCC(=O)Nc1cccc(CN[C@@H](Cc2ccccc2)C(=O)O)c1)NO.O=C(CCCCCCC(=O)Nc1cccc(CN[C@@H](Cc2ccccc2)C(=O)OC2CCCC2)c1)NO. The van der Waals surface area contributed by atoms with Crippen LogP contribution in [-0.4, -0.2) is 69.3 Å². The van der Waals surface area contributed by atoms with Gasteiger partial charge in [0.15, 0.2) is 0 Å². The van der Waals surface area contributed by atoms with Gasteiger partial charge in [-0.25, -0.2) is 11.0 Å². The van der Waals surface area contributed by atoms with Crippen molar-refractivity contribution in [1.29, 1.82) is 0 Å². The molecule has 16 nitrogen and oxygen atoms in total. The molecule has 1 saturated carbocycles. The highest BCUT2D eigenvalue weighted by Gasteiger charge is 2.26. The molecule has 1 aliphatic carbocycles. The first-order valence-electron chi connectivity index (χ1n) is 24.1. The molecule has 16 heteroatoms. The molecule has 0 unspecified atom stereocenters. The van der Waals surface area contributed by atoms with Crippen molar-refractivity contribution in [3.63, 3.8) is 0 Å². The highest BCUT2D eigenvalue weighted by atomic mass is 16.5. The number of anilines is 2. The molecule has 4 aromatic rings. The Kier molecular flexibility index (Phi) is 25.8. The zero-order valence-corrected chi connectivity index (χ0v) is 39.5. The number of nitrogens with one attached hydrogen (secondary N) is 6. The molecular weight excluding hydrogens is 881 g/mol. The van der Waals surface area contributed by atoms with E-state index in [1.807, 2.05) is 103 Å². The summed E-state index contributed by atoms with van der Waals surface area (Å²) >= 11 is 0. The number of carbonyl (C=O) groups is 6. The maximum absolute atomic E-state index is 13.0. The van der Waals surface area contributed by atoms with Gasteiger partial charge in [0.2, 0.25) is 23.6 Å². The van der Waals surface area contributed by atoms with Crippen molar-refractivity contribution in [3.05, 3.63) is 131 Å². The van der Waals surface area contributed by atoms with E-state index in [2.05, 4.69) is 21.3 Å². The maximum atomic E-state index is 13.0. The van der Waals surface area contributed by atoms with Crippen LogP contribution in [0.1, 0.15) is 125 Å². The minimum absolute atomic E-state index is 0.0196. The topological polar surface area (TPSA) is 245 Å². The van der Waals surface area contributed by atoms with Crippen molar-refractivity contribution in [3.8, 4) is 0 Å². The van der Waals surface area contributed by atoms with Crippen molar-refractivity contribution in [2.24, 2.45) is 0 Å². The lowest BCUT2D eigenvalue weighted by Crippen LogP contribution is -2.40. The molecule has 372 valence electrons. The van der Waals surface area contributed by atoms with E-state index in [4.69, 9.17) is 15.2 Å². The first-order chi connectivity index (χ1) is 33.5. The second-order valence-corrected chi connectivity index (χ2v) is 17.3. The third kappa shape index (κ3) is 23.4. The molecule has 0 saturated heterocycles. The Morgan fingerprint density at radius 3 is 1.30 bits per heavy atom. The van der Waals surface area contributed by atoms with Gasteiger partial charge in [-0.05, 0) is 111 Å². The first-order valence-corrected chi connectivity index (χ1v) is 24.1. The summed E-state index contributed by atoms with van der Waals surface area (Å²) in [6.45, 7) is 0.845. The van der Waals surface area contributed by atoms with Gasteiger partial charge in [-0.3, -0.25) is 39.2 Å². The standard InChI is InChI=1S/C29H39N3O5.C24H31N3O5/c33-27(17-6-1-2-7-18-28(34)32-36)31-24-14-10-13-23(19-24)21-30-26(20-22-11-4-3-5-12-22)29(35)37-25-15-8-9-16-25;28-22(13-6-1-2-7-14-23(29)27-32)26-20-12-8-11-19(15-20)17-25-21(24(30)31)16-18-9-4-3-5-10-18/h3-5,10-14,19,25-26,30,36H,1-2,6-9,15-18,20-21H2,(H,31,33)(H,32,34);3-5,8-12,15,21,25,32H,1-2,6-7,13-14,16-17H2,(H,26,28)(H,27,29)(H,30,31)/t26-;21-/m00/s1. The van der Waals surface area contributed by atoms with Crippen LogP contribution in [0.15, 0.2) is 109 Å². The van der Waals surface area contributed by atoms with E-state index in [-0.39, 0.29) is 42.6 Å². The number of unbranched alkanes of at least 4 members (excludes halogenated alkanes) is 6. The van der Waals surface area contributed by atoms with Gasteiger partial charge in [-0.1, -0.05) is 111 Å². The number of amides is 4. The van der Waals surface area contributed by atoms with Crippen LogP contribution in [0, 0.1) is 0 Å². The molecule has 1 aliphatic rings. The van der Waals surface area contributed by atoms with Crippen LogP contribution >= 0.6 is 0 Å². The molecule has 0 aliphatic heterocycles. The smallest absolute Gasteiger partial charge is 0.323 e. The fourth-order valence-corrected chi connectivity index (χ4v) is 7.85. The molecule has 0 radical (unpaired) electrons. The number of hydroxylamine groups is 2. The third-order valence-corrected chi connectivity index (χ3v) is 11.6. The molecule has 1 fully saturated rings. The lowest BCUT2D eigenvalue weighted by atomic mass is 10.1. The average Bonchev–Trinajstić information content (AvgIpc) is 3.87. The molecule has 4 aromatic carbocycles. The Hall–Kier alpha value is -6.46. The minimum Gasteiger partial charge on any atom is -0.480 e. The van der Waals surface area contributed by atoms with E-state index in [0.29, 0.717) is 63.7 Å². The number of carbonyl (C=O) groups excluding carboxylic acids is 5. The van der Waals surface area contributed by atoms with Crippen molar-refractivity contribution >= 4 is 46.9 Å². The second kappa shape index (κ2) is 32.3. The van der Waals surface area contributed by atoms with Gasteiger partial charge < -0.3 is 31.1 Å². The summed E-state index contributed by atoms with van der Waals surface area (Å²) < 4.78 is 5.80. The highest BCUT2D eigenvalue weighted by Crippen LogP contribution is 2.22. The van der Waals surface area contributed by atoms with Crippen LogP contribution in [0.5, 0.6) is 0 Å². The quantitative estimate of drug-likeness (QED) is 0.0109. The second-order valence-electron chi connectivity index (χ2n) is 17.3. The van der Waals surface area contributed by atoms with Gasteiger partial charge >= 0.3 is 11.9 Å². The Labute approximate surface area is 405 Å². The van der Waals surface area contributed by atoms with Gasteiger partial charge in [0.25, 0.3) is 0 Å². The number of aliphatic carboxylic acids is 1. The van der Waals surface area contributed by atoms with E-state index < -0.39 is 24.0 Å². The normalized spacial score (nSPS) is 13.0. The molecule has 2 atom stereocenters. The van der Waals surface area contributed by atoms with Gasteiger partial charge in [-0.2, -0.15) is 0 Å². The average molecular weight is 951 g/mol. The molecule has 4 amide bonds. The monoisotopic (exact) mass is 951 g/mol. The number of carboxylic acid groups (broad SMARTS) is 1. The highest BCUT2D eigenvalue weighted by molar-refractivity contribution is 5.91. The Balaban J connectivity index is 0.000000304.